The molecule has 2 N–H and O–H groups in total. The van der Waals surface area contributed by atoms with Crippen LogP contribution >= 0.6 is 0 Å². The van der Waals surface area contributed by atoms with Crippen LogP contribution in [0, 0.1) is 0 Å². The Labute approximate surface area is 125 Å². The van der Waals surface area contributed by atoms with Gasteiger partial charge in [0.2, 0.25) is 0 Å². The van der Waals surface area contributed by atoms with Crippen LogP contribution < -0.4 is 5.73 Å². The summed E-state index contributed by atoms with van der Waals surface area (Å²) >= 11 is 0. The number of anilines is 1. The molecular formula is C17H22N4. The minimum Gasteiger partial charge on any atom is -0.384 e. The minimum atomic E-state index is 0.765. The maximum absolute atomic E-state index is 5.62. The lowest BCUT2D eigenvalue weighted by Gasteiger charge is -2.01. The van der Waals surface area contributed by atoms with E-state index in [1.54, 1.807) is 6.20 Å². The Kier molecular flexibility index (Phi) is 5.76. The first-order valence-corrected chi connectivity index (χ1v) is 7.38. The van der Waals surface area contributed by atoms with Gasteiger partial charge in [-0.2, -0.15) is 5.10 Å². The largest absolute Gasteiger partial charge is 0.384 e. The first-order valence-electron chi connectivity index (χ1n) is 7.38. The Morgan fingerprint density at radius 3 is 2.52 bits per heavy atom. The summed E-state index contributed by atoms with van der Waals surface area (Å²) in [6.45, 7) is 3.14. The molecule has 0 fully saturated rings. The van der Waals surface area contributed by atoms with Crippen molar-refractivity contribution in [2.45, 2.75) is 32.7 Å². The van der Waals surface area contributed by atoms with Crippen LogP contribution in [0.1, 0.15) is 26.2 Å². The van der Waals surface area contributed by atoms with Crippen LogP contribution in [0.4, 0.5) is 5.82 Å². The van der Waals surface area contributed by atoms with E-state index in [9.17, 15) is 0 Å². The fourth-order valence-electron chi connectivity index (χ4n) is 2.06. The van der Waals surface area contributed by atoms with Gasteiger partial charge < -0.3 is 5.73 Å². The molecule has 3 rings (SSSR count). The predicted octanol–water partition coefficient (Wildman–Crippen LogP) is 3.89. The highest BCUT2D eigenvalue weighted by molar-refractivity contribution is 5.77. The first kappa shape index (κ1) is 15.0. The van der Waals surface area contributed by atoms with Crippen LogP contribution in [0.25, 0.3) is 10.9 Å². The molecule has 2 heterocycles. The van der Waals surface area contributed by atoms with Gasteiger partial charge >= 0.3 is 0 Å². The average Bonchev–Trinajstić information content (AvgIpc) is 2.94. The minimum absolute atomic E-state index is 0.765. The van der Waals surface area contributed by atoms with Crippen molar-refractivity contribution in [3.63, 3.8) is 0 Å². The Morgan fingerprint density at radius 2 is 1.81 bits per heavy atom. The molecule has 0 aliphatic rings. The van der Waals surface area contributed by atoms with Gasteiger partial charge in [-0.25, -0.2) is 0 Å². The van der Waals surface area contributed by atoms with Crippen molar-refractivity contribution in [1.29, 1.82) is 0 Å². The Morgan fingerprint density at radius 1 is 1.00 bits per heavy atom. The lowest BCUT2D eigenvalue weighted by Crippen LogP contribution is -2.04. The highest BCUT2D eigenvalue weighted by atomic mass is 15.3. The van der Waals surface area contributed by atoms with Crippen LogP contribution in [0.2, 0.25) is 0 Å². The number of nitrogens with zero attached hydrogens (tertiary/aromatic N) is 3. The summed E-state index contributed by atoms with van der Waals surface area (Å²) in [5.41, 5.74) is 6.68. The normalized spacial score (nSPS) is 10.1. The number of benzene rings is 1. The van der Waals surface area contributed by atoms with Gasteiger partial charge in [-0.3, -0.25) is 9.67 Å². The van der Waals surface area contributed by atoms with Gasteiger partial charge in [0.05, 0.1) is 11.7 Å². The molecule has 0 saturated heterocycles. The van der Waals surface area contributed by atoms with Gasteiger partial charge in [0, 0.05) is 18.1 Å². The number of unbranched alkanes of at least 4 members (excludes halogenated alkanes) is 2. The number of rotatable bonds is 4. The fraction of sp³-hybridized carbons (Fsp3) is 0.294. The molecule has 0 aliphatic carbocycles. The quantitative estimate of drug-likeness (QED) is 0.738. The molecule has 0 bridgehead atoms. The van der Waals surface area contributed by atoms with Crippen LogP contribution in [-0.2, 0) is 6.54 Å². The summed E-state index contributed by atoms with van der Waals surface area (Å²) in [4.78, 5) is 4.18. The smallest absolute Gasteiger partial charge is 0.121 e. The molecule has 0 spiro atoms. The standard InChI is InChI=1S/C9H7N.C8H15N3/c1-2-6-9-8(4-1)5-3-7-10-9;1-2-3-4-7-11-8(9)5-6-10-11/h1-7H;5-6H,2-4,7,9H2,1H3. The average molecular weight is 282 g/mol. The molecule has 1 aromatic carbocycles. The topological polar surface area (TPSA) is 56.7 Å². The molecule has 3 aromatic rings. The summed E-state index contributed by atoms with van der Waals surface area (Å²) in [6.07, 6.45) is 7.20. The van der Waals surface area contributed by atoms with Crippen LogP contribution in [-0.4, -0.2) is 14.8 Å². The van der Waals surface area contributed by atoms with Gasteiger partial charge in [0.15, 0.2) is 0 Å². The van der Waals surface area contributed by atoms with Crippen molar-refractivity contribution in [2.75, 3.05) is 5.73 Å². The summed E-state index contributed by atoms with van der Waals surface area (Å²) in [5, 5.41) is 5.28. The maximum atomic E-state index is 5.62. The van der Waals surface area contributed by atoms with E-state index in [-0.39, 0.29) is 0 Å². The number of aryl methyl sites for hydroxylation is 1. The summed E-state index contributed by atoms with van der Waals surface area (Å²) in [7, 11) is 0. The third-order valence-corrected chi connectivity index (χ3v) is 3.24. The fourth-order valence-corrected chi connectivity index (χ4v) is 2.06. The van der Waals surface area contributed by atoms with Crippen molar-refractivity contribution >= 4 is 16.7 Å². The number of fused-ring (bicyclic) bond motifs is 1. The van der Waals surface area contributed by atoms with Crippen LogP contribution in [0.3, 0.4) is 0 Å². The van der Waals surface area contributed by atoms with Crippen molar-refractivity contribution in [3.05, 3.63) is 54.9 Å². The predicted molar refractivity (Wildman–Crippen MR) is 87.9 cm³/mol. The SMILES string of the molecule is CCCCCn1nccc1N.c1ccc2ncccc2c1. The van der Waals surface area contributed by atoms with Crippen LogP contribution in [0.15, 0.2) is 54.9 Å². The highest BCUT2D eigenvalue weighted by Crippen LogP contribution is 2.08. The second-order valence-electron chi connectivity index (χ2n) is 4.88. The van der Waals surface area contributed by atoms with Crippen molar-refractivity contribution < 1.29 is 0 Å². The van der Waals surface area contributed by atoms with E-state index in [0.29, 0.717) is 0 Å². The second kappa shape index (κ2) is 8.04. The Hall–Kier alpha value is -2.36. The number of aromatic nitrogens is 3. The van der Waals surface area contributed by atoms with Crippen molar-refractivity contribution in [1.82, 2.24) is 14.8 Å². The van der Waals surface area contributed by atoms with Gasteiger partial charge in [0.1, 0.15) is 5.82 Å². The lowest BCUT2D eigenvalue weighted by atomic mass is 10.2. The molecule has 0 aliphatic heterocycles. The van der Waals surface area contributed by atoms with Crippen molar-refractivity contribution in [3.8, 4) is 0 Å². The van der Waals surface area contributed by atoms with Gasteiger partial charge in [0.25, 0.3) is 0 Å². The van der Waals surface area contributed by atoms with E-state index in [0.717, 1.165) is 17.9 Å². The Bertz CT molecular complexity index is 595. The van der Waals surface area contributed by atoms with E-state index in [4.69, 9.17) is 5.73 Å². The molecule has 21 heavy (non-hydrogen) atoms. The zero-order valence-electron chi connectivity index (χ0n) is 12.4. The number of pyridine rings is 1. The highest BCUT2D eigenvalue weighted by Gasteiger charge is 1.95. The zero-order chi connectivity index (χ0) is 14.9. The molecule has 0 atom stereocenters. The molecule has 0 radical (unpaired) electrons. The second-order valence-corrected chi connectivity index (χ2v) is 4.88. The maximum Gasteiger partial charge on any atom is 0.121 e. The van der Waals surface area contributed by atoms with Gasteiger partial charge in [-0.1, -0.05) is 44.0 Å². The van der Waals surface area contributed by atoms with E-state index in [1.807, 2.05) is 41.2 Å². The molecule has 0 amide bonds. The Balaban J connectivity index is 0.000000154. The molecule has 0 saturated carbocycles. The summed E-state index contributed by atoms with van der Waals surface area (Å²) in [5.74, 6) is 0.765. The molecule has 0 unspecified atom stereocenters. The number of hydrogen-bond acceptors (Lipinski definition) is 3. The molecular weight excluding hydrogens is 260 g/mol. The number of hydrogen-bond donors (Lipinski definition) is 1. The van der Waals surface area contributed by atoms with Crippen LogP contribution in [0.5, 0.6) is 0 Å². The third kappa shape index (κ3) is 4.60. The molecule has 4 nitrogen and oxygen atoms in total. The number of nitrogen functional groups attached to an aromatic ring is 1. The summed E-state index contributed by atoms with van der Waals surface area (Å²) in [6, 6.07) is 13.9. The summed E-state index contributed by atoms with van der Waals surface area (Å²) < 4.78 is 1.84. The van der Waals surface area contributed by atoms with E-state index < -0.39 is 0 Å². The molecule has 2 aromatic heterocycles. The molecule has 110 valence electrons. The van der Waals surface area contributed by atoms with Gasteiger partial charge in [-0.05, 0) is 24.6 Å². The number of para-hydroxylation sites is 1. The zero-order valence-corrected chi connectivity index (χ0v) is 12.4. The first-order chi connectivity index (χ1) is 10.3. The van der Waals surface area contributed by atoms with E-state index in [2.05, 4.69) is 29.1 Å². The van der Waals surface area contributed by atoms with Gasteiger partial charge in [-0.15, -0.1) is 0 Å². The number of nitrogens with two attached hydrogens (primary N) is 1. The lowest BCUT2D eigenvalue weighted by molar-refractivity contribution is 0.559. The van der Waals surface area contributed by atoms with E-state index >= 15 is 0 Å². The van der Waals surface area contributed by atoms with E-state index in [1.165, 1.54) is 24.6 Å². The third-order valence-electron chi connectivity index (χ3n) is 3.24. The molecule has 4 heteroatoms. The van der Waals surface area contributed by atoms with Crippen molar-refractivity contribution in [2.24, 2.45) is 0 Å². The monoisotopic (exact) mass is 282 g/mol.